The third-order valence-corrected chi connectivity index (χ3v) is 7.51. The Kier molecular flexibility index (Phi) is 7.69. The number of benzene rings is 2. The van der Waals surface area contributed by atoms with Crippen molar-refractivity contribution in [2.75, 3.05) is 20.8 Å². The van der Waals surface area contributed by atoms with E-state index in [2.05, 4.69) is 20.9 Å². The minimum atomic E-state index is -0.944. The number of nitro benzene ring substituents is 1. The van der Waals surface area contributed by atoms with Gasteiger partial charge >= 0.3 is 11.7 Å². The van der Waals surface area contributed by atoms with E-state index in [-0.39, 0.29) is 22.3 Å². The van der Waals surface area contributed by atoms with Crippen molar-refractivity contribution in [2.24, 2.45) is 4.99 Å². The molecule has 1 N–H and O–H groups in total. The van der Waals surface area contributed by atoms with Crippen LogP contribution >= 0.6 is 27.3 Å². The van der Waals surface area contributed by atoms with E-state index in [1.807, 2.05) is 0 Å². The number of hydrogen-bond donors (Lipinski definition) is 1. The lowest BCUT2D eigenvalue weighted by atomic mass is 9.95. The molecule has 38 heavy (non-hydrogen) atoms. The predicted octanol–water partition coefficient (Wildman–Crippen LogP) is 3.19. The maximum atomic E-state index is 13.8. The van der Waals surface area contributed by atoms with E-state index < -0.39 is 33.9 Å². The summed E-state index contributed by atoms with van der Waals surface area (Å²) in [6, 6.07) is 6.42. The number of halogens is 1. The quantitative estimate of drug-likeness (QED) is 0.246. The second-order valence-corrected chi connectivity index (χ2v) is 9.87. The number of aromatic hydroxyl groups is 1. The lowest BCUT2D eigenvalue weighted by Crippen LogP contribution is -2.40. The molecule has 198 valence electrons. The lowest BCUT2D eigenvalue weighted by Gasteiger charge is -2.26. The Morgan fingerprint density at radius 3 is 2.61 bits per heavy atom. The Hall–Kier alpha value is -3.97. The van der Waals surface area contributed by atoms with Crippen molar-refractivity contribution >= 4 is 45.0 Å². The summed E-state index contributed by atoms with van der Waals surface area (Å²) in [5.41, 5.74) is 0.137. The Balaban J connectivity index is 2.02. The Labute approximate surface area is 228 Å². The van der Waals surface area contributed by atoms with Crippen LogP contribution in [0.3, 0.4) is 0 Å². The summed E-state index contributed by atoms with van der Waals surface area (Å²) in [5.74, 6) is -0.376. The van der Waals surface area contributed by atoms with Crippen molar-refractivity contribution in [2.45, 2.75) is 19.9 Å². The summed E-state index contributed by atoms with van der Waals surface area (Å²) in [4.78, 5) is 42.2. The minimum absolute atomic E-state index is 0.0923. The first-order valence-corrected chi connectivity index (χ1v) is 12.8. The maximum Gasteiger partial charge on any atom is 0.338 e. The highest BCUT2D eigenvalue weighted by Crippen LogP contribution is 2.40. The van der Waals surface area contributed by atoms with Gasteiger partial charge in [-0.2, -0.15) is 0 Å². The van der Waals surface area contributed by atoms with Crippen LogP contribution in [0.2, 0.25) is 0 Å². The zero-order chi connectivity index (χ0) is 27.7. The van der Waals surface area contributed by atoms with E-state index in [4.69, 9.17) is 14.2 Å². The molecule has 11 nitrogen and oxygen atoms in total. The van der Waals surface area contributed by atoms with Crippen LogP contribution in [0.15, 0.2) is 55.9 Å². The molecule has 1 aliphatic heterocycles. The fourth-order valence-electron chi connectivity index (χ4n) is 4.12. The number of ether oxygens (including phenoxy) is 3. The Bertz CT molecular complexity index is 1670. The molecule has 0 amide bonds. The number of carbonyl (C=O) groups excluding carboxylic acids is 1. The van der Waals surface area contributed by atoms with Crippen LogP contribution in [0.25, 0.3) is 6.08 Å². The van der Waals surface area contributed by atoms with Gasteiger partial charge in [-0.25, -0.2) is 9.79 Å². The molecule has 13 heteroatoms. The van der Waals surface area contributed by atoms with Gasteiger partial charge < -0.3 is 19.3 Å². The normalized spacial score (nSPS) is 15.1. The maximum absolute atomic E-state index is 13.8. The number of nitro groups is 1. The van der Waals surface area contributed by atoms with Crippen molar-refractivity contribution in [3.05, 3.63) is 87.0 Å². The Morgan fingerprint density at radius 1 is 1.29 bits per heavy atom. The molecule has 1 aliphatic rings. The number of phenols is 1. The molecule has 0 spiro atoms. The van der Waals surface area contributed by atoms with Crippen LogP contribution in [-0.2, 0) is 9.53 Å². The van der Waals surface area contributed by atoms with Crippen molar-refractivity contribution in [1.29, 1.82) is 0 Å². The molecule has 1 unspecified atom stereocenters. The molecule has 2 aromatic carbocycles. The smallest absolute Gasteiger partial charge is 0.338 e. The SMILES string of the molecule is CCOC(=O)C1=C(C)N=c2s/c(=C\c3cccc([N+](=O)[O-])c3O)c(=O)n2C1c1cc(OC)c(OC)cc1Br. The first-order valence-electron chi connectivity index (χ1n) is 11.2. The monoisotopic (exact) mass is 603 g/mol. The average molecular weight is 604 g/mol. The van der Waals surface area contributed by atoms with Crippen LogP contribution < -0.4 is 24.4 Å². The molecule has 1 atom stereocenters. The van der Waals surface area contributed by atoms with Crippen LogP contribution in [0.5, 0.6) is 17.2 Å². The largest absolute Gasteiger partial charge is 0.502 e. The van der Waals surface area contributed by atoms with E-state index in [9.17, 15) is 24.8 Å². The van der Waals surface area contributed by atoms with Gasteiger partial charge in [-0.1, -0.05) is 39.4 Å². The number of phenolic OH excluding ortho intramolecular Hbond substituents is 1. The van der Waals surface area contributed by atoms with E-state index in [1.54, 1.807) is 26.0 Å². The molecule has 2 heterocycles. The highest BCUT2D eigenvalue weighted by atomic mass is 79.9. The minimum Gasteiger partial charge on any atom is -0.502 e. The summed E-state index contributed by atoms with van der Waals surface area (Å²) < 4.78 is 18.2. The molecule has 0 fully saturated rings. The highest BCUT2D eigenvalue weighted by molar-refractivity contribution is 9.10. The summed E-state index contributed by atoms with van der Waals surface area (Å²) in [5, 5.41) is 21.7. The third kappa shape index (κ3) is 4.70. The molecule has 0 saturated carbocycles. The van der Waals surface area contributed by atoms with Crippen molar-refractivity contribution in [1.82, 2.24) is 4.57 Å². The summed E-state index contributed by atoms with van der Waals surface area (Å²) in [6.45, 7) is 3.44. The van der Waals surface area contributed by atoms with Gasteiger partial charge in [0.2, 0.25) is 5.75 Å². The number of aromatic nitrogens is 1. The van der Waals surface area contributed by atoms with Crippen LogP contribution in [-0.4, -0.2) is 41.4 Å². The molecular formula is C25H22BrN3O8S. The van der Waals surface area contributed by atoms with Crippen LogP contribution in [0, 0.1) is 10.1 Å². The van der Waals surface area contributed by atoms with Gasteiger partial charge in [0.05, 0.1) is 47.6 Å². The van der Waals surface area contributed by atoms with Crippen LogP contribution in [0.1, 0.15) is 31.0 Å². The molecule has 0 radical (unpaired) electrons. The number of thiazole rings is 1. The first-order chi connectivity index (χ1) is 18.1. The summed E-state index contributed by atoms with van der Waals surface area (Å²) in [6.07, 6.45) is 1.36. The van der Waals surface area contributed by atoms with Gasteiger partial charge in [0.15, 0.2) is 16.3 Å². The van der Waals surface area contributed by atoms with Gasteiger partial charge in [-0.05, 0) is 37.6 Å². The van der Waals surface area contributed by atoms with E-state index >= 15 is 0 Å². The average Bonchev–Trinajstić information content (AvgIpc) is 3.18. The third-order valence-electron chi connectivity index (χ3n) is 5.84. The van der Waals surface area contributed by atoms with Gasteiger partial charge in [-0.3, -0.25) is 19.5 Å². The van der Waals surface area contributed by atoms with Gasteiger partial charge in [0.1, 0.15) is 0 Å². The number of esters is 1. The molecule has 1 aromatic heterocycles. The lowest BCUT2D eigenvalue weighted by molar-refractivity contribution is -0.385. The molecule has 0 saturated heterocycles. The molecular weight excluding hydrogens is 582 g/mol. The summed E-state index contributed by atoms with van der Waals surface area (Å²) in [7, 11) is 2.96. The van der Waals surface area contributed by atoms with Gasteiger partial charge in [-0.15, -0.1) is 0 Å². The standard InChI is InChI=1S/C25H22BrN3O8S/c1-5-37-24(32)20-12(2)27-25-28(21(20)14-10-17(35-3)18(36-4)11-15(14)26)23(31)19(38-25)9-13-7-6-8-16(22(13)30)29(33)34/h6-11,21,30H,5H2,1-4H3/b19-9-. The fourth-order valence-corrected chi connectivity index (χ4v) is 5.70. The van der Waals surface area contributed by atoms with Gasteiger partial charge in [0.25, 0.3) is 5.56 Å². The van der Waals surface area contributed by atoms with E-state index in [0.29, 0.717) is 32.0 Å². The van der Waals surface area contributed by atoms with E-state index in [1.165, 1.54) is 37.0 Å². The molecule has 0 aliphatic carbocycles. The number of allylic oxidation sites excluding steroid dienone is 1. The number of rotatable bonds is 7. The highest BCUT2D eigenvalue weighted by Gasteiger charge is 2.35. The molecule has 0 bridgehead atoms. The van der Waals surface area contributed by atoms with Crippen molar-refractivity contribution in [3.8, 4) is 17.2 Å². The second-order valence-electron chi connectivity index (χ2n) is 8.00. The first kappa shape index (κ1) is 27.1. The van der Waals surface area contributed by atoms with Crippen molar-refractivity contribution in [3.63, 3.8) is 0 Å². The number of nitrogens with zero attached hydrogens (tertiary/aromatic N) is 3. The van der Waals surface area contributed by atoms with Crippen molar-refractivity contribution < 1.29 is 29.0 Å². The topological polar surface area (TPSA) is 142 Å². The number of methoxy groups -OCH3 is 2. The van der Waals surface area contributed by atoms with E-state index in [0.717, 1.165) is 17.4 Å². The summed E-state index contributed by atoms with van der Waals surface area (Å²) >= 11 is 4.56. The number of para-hydroxylation sites is 1. The van der Waals surface area contributed by atoms with Gasteiger partial charge in [0, 0.05) is 16.1 Å². The molecule has 3 aromatic rings. The molecule has 4 rings (SSSR count). The predicted molar refractivity (Wildman–Crippen MR) is 142 cm³/mol. The second kappa shape index (κ2) is 10.8. The number of fused-ring (bicyclic) bond motifs is 1. The number of hydrogen-bond acceptors (Lipinski definition) is 10. The van der Waals surface area contributed by atoms with Crippen LogP contribution in [0.4, 0.5) is 5.69 Å². The fraction of sp³-hybridized carbons (Fsp3) is 0.240. The zero-order valence-electron chi connectivity index (χ0n) is 20.7. The number of carbonyl (C=O) groups is 1. The Morgan fingerprint density at radius 2 is 1.97 bits per heavy atom. The zero-order valence-corrected chi connectivity index (χ0v) is 23.1.